The monoisotopic (exact) mass is 364 g/mol. The molecule has 1 aromatic heterocycles. The van der Waals surface area contributed by atoms with Gasteiger partial charge in [-0.3, -0.25) is 5.32 Å². The number of nitrogens with one attached hydrogen (secondary N) is 3. The molecule has 2 amide bonds. The third-order valence-electron chi connectivity index (χ3n) is 4.13. The van der Waals surface area contributed by atoms with Gasteiger partial charge in [0.15, 0.2) is 0 Å². The SMILES string of the molecule is O=C(Nc1cccc(-c2ccc(C(F)(F)F)cc2)n1)N[C@H]1CCCNC1. The van der Waals surface area contributed by atoms with Gasteiger partial charge in [0.1, 0.15) is 5.82 Å². The Morgan fingerprint density at radius 3 is 2.58 bits per heavy atom. The van der Waals surface area contributed by atoms with E-state index in [1.807, 2.05) is 0 Å². The molecule has 138 valence electrons. The molecule has 3 N–H and O–H groups in total. The van der Waals surface area contributed by atoms with E-state index in [-0.39, 0.29) is 12.1 Å². The largest absolute Gasteiger partial charge is 0.416 e. The lowest BCUT2D eigenvalue weighted by molar-refractivity contribution is -0.137. The van der Waals surface area contributed by atoms with Gasteiger partial charge in [0.25, 0.3) is 0 Å². The van der Waals surface area contributed by atoms with E-state index in [4.69, 9.17) is 0 Å². The van der Waals surface area contributed by atoms with Crippen molar-refractivity contribution in [1.82, 2.24) is 15.6 Å². The van der Waals surface area contributed by atoms with Crippen LogP contribution in [0.25, 0.3) is 11.3 Å². The average molecular weight is 364 g/mol. The van der Waals surface area contributed by atoms with Crippen LogP contribution in [0, 0.1) is 0 Å². The van der Waals surface area contributed by atoms with Crippen LogP contribution in [0.5, 0.6) is 0 Å². The van der Waals surface area contributed by atoms with E-state index in [0.717, 1.165) is 38.1 Å². The number of aromatic nitrogens is 1. The first-order valence-corrected chi connectivity index (χ1v) is 8.35. The molecule has 1 aliphatic rings. The van der Waals surface area contributed by atoms with Crippen LogP contribution in [0.2, 0.25) is 0 Å². The fourth-order valence-corrected chi connectivity index (χ4v) is 2.81. The van der Waals surface area contributed by atoms with E-state index in [0.29, 0.717) is 17.1 Å². The third-order valence-corrected chi connectivity index (χ3v) is 4.13. The average Bonchev–Trinajstić information content (AvgIpc) is 2.62. The zero-order chi connectivity index (χ0) is 18.6. The molecule has 8 heteroatoms. The number of anilines is 1. The molecule has 0 aliphatic carbocycles. The van der Waals surface area contributed by atoms with Crippen molar-refractivity contribution in [2.45, 2.75) is 25.1 Å². The number of alkyl halides is 3. The third kappa shape index (κ3) is 4.72. The molecule has 2 heterocycles. The number of hydrogen-bond donors (Lipinski definition) is 3. The second-order valence-electron chi connectivity index (χ2n) is 6.12. The Labute approximate surface area is 149 Å². The lowest BCUT2D eigenvalue weighted by Gasteiger charge is -2.23. The van der Waals surface area contributed by atoms with Gasteiger partial charge in [-0.2, -0.15) is 13.2 Å². The van der Waals surface area contributed by atoms with Gasteiger partial charge in [0.05, 0.1) is 11.3 Å². The highest BCUT2D eigenvalue weighted by molar-refractivity contribution is 5.88. The van der Waals surface area contributed by atoms with Crippen LogP contribution in [0.1, 0.15) is 18.4 Å². The number of halogens is 3. The smallest absolute Gasteiger partial charge is 0.334 e. The van der Waals surface area contributed by atoms with Crippen LogP contribution < -0.4 is 16.0 Å². The summed E-state index contributed by atoms with van der Waals surface area (Å²) in [5, 5.41) is 8.75. The zero-order valence-corrected chi connectivity index (χ0v) is 13.9. The van der Waals surface area contributed by atoms with E-state index < -0.39 is 11.7 Å². The molecule has 1 saturated heterocycles. The summed E-state index contributed by atoms with van der Waals surface area (Å²) in [7, 11) is 0. The molecular weight excluding hydrogens is 345 g/mol. The first-order valence-electron chi connectivity index (χ1n) is 8.35. The van der Waals surface area contributed by atoms with Gasteiger partial charge in [0, 0.05) is 18.2 Å². The Balaban J connectivity index is 1.67. The maximum absolute atomic E-state index is 12.6. The van der Waals surface area contributed by atoms with Crippen LogP contribution in [0.15, 0.2) is 42.5 Å². The number of pyridine rings is 1. The molecule has 1 aromatic carbocycles. The summed E-state index contributed by atoms with van der Waals surface area (Å²) in [5.41, 5.74) is 0.311. The van der Waals surface area contributed by atoms with Crippen LogP contribution >= 0.6 is 0 Å². The maximum Gasteiger partial charge on any atom is 0.416 e. The number of nitrogens with zero attached hydrogens (tertiary/aromatic N) is 1. The number of carbonyl (C=O) groups excluding carboxylic acids is 1. The topological polar surface area (TPSA) is 66.0 Å². The van der Waals surface area contributed by atoms with Gasteiger partial charge in [-0.1, -0.05) is 18.2 Å². The fourth-order valence-electron chi connectivity index (χ4n) is 2.81. The summed E-state index contributed by atoms with van der Waals surface area (Å²) in [6.07, 6.45) is -2.45. The molecule has 1 atom stereocenters. The number of hydrogen-bond acceptors (Lipinski definition) is 3. The Morgan fingerprint density at radius 1 is 1.15 bits per heavy atom. The standard InChI is InChI=1S/C18H19F3N4O/c19-18(20,21)13-8-6-12(7-9-13)15-4-1-5-16(24-15)25-17(26)23-14-3-2-10-22-11-14/h1,4-9,14,22H,2-3,10-11H2,(H2,23,24,25,26)/t14-/m0/s1. The normalized spacial score (nSPS) is 17.6. The van der Waals surface area contributed by atoms with Crippen molar-refractivity contribution in [2.75, 3.05) is 18.4 Å². The first-order chi connectivity index (χ1) is 12.4. The molecule has 1 fully saturated rings. The van der Waals surface area contributed by atoms with Gasteiger partial charge in [-0.15, -0.1) is 0 Å². The highest BCUT2D eigenvalue weighted by Gasteiger charge is 2.30. The van der Waals surface area contributed by atoms with Gasteiger partial charge < -0.3 is 10.6 Å². The Hall–Kier alpha value is -2.61. The molecule has 0 spiro atoms. The van der Waals surface area contributed by atoms with Gasteiger partial charge in [-0.25, -0.2) is 9.78 Å². The van der Waals surface area contributed by atoms with Crippen LogP contribution in [-0.4, -0.2) is 30.1 Å². The highest BCUT2D eigenvalue weighted by Crippen LogP contribution is 2.30. The number of carbonyl (C=O) groups is 1. The number of urea groups is 1. The van der Waals surface area contributed by atoms with Crippen molar-refractivity contribution < 1.29 is 18.0 Å². The van der Waals surface area contributed by atoms with Gasteiger partial charge in [0.2, 0.25) is 0 Å². The molecule has 26 heavy (non-hydrogen) atoms. The fraction of sp³-hybridized carbons (Fsp3) is 0.333. The molecule has 3 rings (SSSR count). The molecule has 1 aliphatic heterocycles. The first kappa shape index (κ1) is 18.2. The lowest BCUT2D eigenvalue weighted by Crippen LogP contribution is -2.47. The van der Waals surface area contributed by atoms with Crippen molar-refractivity contribution in [1.29, 1.82) is 0 Å². The summed E-state index contributed by atoms with van der Waals surface area (Å²) >= 11 is 0. The zero-order valence-electron chi connectivity index (χ0n) is 13.9. The summed E-state index contributed by atoms with van der Waals surface area (Å²) < 4.78 is 37.9. The minimum atomic E-state index is -4.37. The Morgan fingerprint density at radius 2 is 1.92 bits per heavy atom. The highest BCUT2D eigenvalue weighted by atomic mass is 19.4. The summed E-state index contributed by atoms with van der Waals surface area (Å²) in [4.78, 5) is 16.4. The van der Waals surface area contributed by atoms with E-state index in [2.05, 4.69) is 20.9 Å². The quantitative estimate of drug-likeness (QED) is 0.779. The van der Waals surface area contributed by atoms with Crippen molar-refractivity contribution in [3.63, 3.8) is 0 Å². The molecule has 0 bridgehead atoms. The lowest BCUT2D eigenvalue weighted by atomic mass is 10.1. The number of amides is 2. The van der Waals surface area contributed by atoms with Gasteiger partial charge >= 0.3 is 12.2 Å². The minimum absolute atomic E-state index is 0.0712. The van der Waals surface area contributed by atoms with Crippen molar-refractivity contribution in [3.05, 3.63) is 48.0 Å². The molecule has 5 nitrogen and oxygen atoms in total. The van der Waals surface area contributed by atoms with E-state index >= 15 is 0 Å². The van der Waals surface area contributed by atoms with E-state index in [1.165, 1.54) is 12.1 Å². The molecule has 0 radical (unpaired) electrons. The number of piperidine rings is 1. The summed E-state index contributed by atoms with van der Waals surface area (Å²) in [6.45, 7) is 1.68. The van der Waals surface area contributed by atoms with E-state index in [9.17, 15) is 18.0 Å². The predicted molar refractivity (Wildman–Crippen MR) is 92.7 cm³/mol. The molecule has 2 aromatic rings. The van der Waals surface area contributed by atoms with Crippen molar-refractivity contribution in [3.8, 4) is 11.3 Å². The summed E-state index contributed by atoms with van der Waals surface area (Å²) in [5.74, 6) is 0.337. The van der Waals surface area contributed by atoms with Crippen molar-refractivity contribution in [2.24, 2.45) is 0 Å². The second-order valence-corrected chi connectivity index (χ2v) is 6.12. The Kier molecular flexibility index (Phi) is 5.41. The molecular formula is C18H19F3N4O. The number of benzene rings is 1. The second kappa shape index (κ2) is 7.74. The van der Waals surface area contributed by atoms with Crippen LogP contribution in [0.4, 0.5) is 23.8 Å². The minimum Gasteiger partial charge on any atom is -0.334 e. The van der Waals surface area contributed by atoms with Crippen LogP contribution in [-0.2, 0) is 6.18 Å². The van der Waals surface area contributed by atoms with Crippen molar-refractivity contribution >= 4 is 11.8 Å². The molecule has 0 saturated carbocycles. The molecule has 0 unspecified atom stereocenters. The summed E-state index contributed by atoms with van der Waals surface area (Å²) in [6, 6.07) is 9.48. The predicted octanol–water partition coefficient (Wildman–Crippen LogP) is 3.64. The number of rotatable bonds is 3. The van der Waals surface area contributed by atoms with Gasteiger partial charge in [-0.05, 0) is 43.7 Å². The Bertz CT molecular complexity index is 756. The maximum atomic E-state index is 12.6. The van der Waals surface area contributed by atoms with E-state index in [1.54, 1.807) is 18.2 Å². The van der Waals surface area contributed by atoms with Crippen LogP contribution in [0.3, 0.4) is 0 Å².